The summed E-state index contributed by atoms with van der Waals surface area (Å²) in [7, 11) is 0. The van der Waals surface area contributed by atoms with Crippen LogP contribution in [-0.2, 0) is 19.4 Å². The molecule has 0 unspecified atom stereocenters. The quantitative estimate of drug-likeness (QED) is 0.190. The molecule has 0 aliphatic rings. The van der Waals surface area contributed by atoms with Crippen molar-refractivity contribution in [3.05, 3.63) is 52.8 Å². The molecule has 0 spiro atoms. The summed E-state index contributed by atoms with van der Waals surface area (Å²) in [4.78, 5) is 7.29. The minimum Gasteiger partial charge on any atom is -0.487 e. The van der Waals surface area contributed by atoms with Crippen LogP contribution in [0.5, 0.6) is 5.75 Å². The second-order valence-electron chi connectivity index (χ2n) is 9.09. The maximum absolute atomic E-state index is 5.98. The van der Waals surface area contributed by atoms with E-state index in [2.05, 4.69) is 54.9 Å². The molecular formula is C28H42N2OS. The third-order valence-corrected chi connectivity index (χ3v) is 7.22. The second-order valence-corrected chi connectivity index (χ2v) is 10.2. The molecule has 32 heavy (non-hydrogen) atoms. The van der Waals surface area contributed by atoms with Crippen LogP contribution in [0.2, 0.25) is 0 Å². The molecule has 0 saturated carbocycles. The molecule has 0 aliphatic carbocycles. The number of aromatic nitrogens is 2. The molecule has 0 atom stereocenters. The van der Waals surface area contributed by atoms with Gasteiger partial charge < -0.3 is 4.74 Å². The fourth-order valence-corrected chi connectivity index (χ4v) is 5.20. The van der Waals surface area contributed by atoms with Crippen LogP contribution < -0.4 is 4.74 Å². The number of nitrogens with zero attached hydrogens (tertiary/aromatic N) is 2. The molecule has 0 fully saturated rings. The van der Waals surface area contributed by atoms with Gasteiger partial charge in [0.15, 0.2) is 4.96 Å². The molecule has 4 heteroatoms. The van der Waals surface area contributed by atoms with Gasteiger partial charge in [0.25, 0.3) is 0 Å². The Bertz CT molecular complexity index is 849. The van der Waals surface area contributed by atoms with Crippen LogP contribution in [-0.4, -0.2) is 9.38 Å². The zero-order chi connectivity index (χ0) is 22.4. The summed E-state index contributed by atoms with van der Waals surface area (Å²) in [5.74, 6) is 0.927. The van der Waals surface area contributed by atoms with Crippen LogP contribution >= 0.6 is 11.3 Å². The fourth-order valence-electron chi connectivity index (χ4n) is 4.18. The summed E-state index contributed by atoms with van der Waals surface area (Å²) < 4.78 is 8.15. The molecule has 0 radical (unpaired) electrons. The first kappa shape index (κ1) is 24.8. The van der Waals surface area contributed by atoms with Gasteiger partial charge in [-0.3, -0.25) is 4.40 Å². The van der Waals surface area contributed by atoms with Gasteiger partial charge in [-0.25, -0.2) is 4.98 Å². The van der Waals surface area contributed by atoms with Crippen molar-refractivity contribution in [1.29, 1.82) is 0 Å². The van der Waals surface area contributed by atoms with E-state index in [1.54, 1.807) is 0 Å². The standard InChI is InChI=1S/C28H42N2OS/c1-3-5-7-9-10-12-14-16-27-22-30-21-25(29-28(30)32-27)23-31-26-19-17-24(18-20-26)15-13-11-8-6-4-2/h17-22H,3-16,23H2,1-2H3. The summed E-state index contributed by atoms with van der Waals surface area (Å²) >= 11 is 1.82. The first-order valence-corrected chi connectivity index (χ1v) is 13.8. The number of aryl methyl sites for hydroxylation is 2. The van der Waals surface area contributed by atoms with E-state index < -0.39 is 0 Å². The minimum absolute atomic E-state index is 0.526. The number of thiazole rings is 1. The van der Waals surface area contributed by atoms with Crippen molar-refractivity contribution in [2.45, 2.75) is 110 Å². The van der Waals surface area contributed by atoms with Gasteiger partial charge in [0.05, 0.1) is 5.69 Å². The Balaban J connectivity index is 1.36. The van der Waals surface area contributed by atoms with Crippen molar-refractivity contribution in [2.75, 3.05) is 0 Å². The molecule has 176 valence electrons. The number of imidazole rings is 1. The molecule has 0 saturated heterocycles. The highest BCUT2D eigenvalue weighted by atomic mass is 32.1. The van der Waals surface area contributed by atoms with Crippen molar-refractivity contribution in [3.8, 4) is 5.75 Å². The summed E-state index contributed by atoms with van der Waals surface area (Å²) in [6, 6.07) is 8.61. The van der Waals surface area contributed by atoms with E-state index in [1.807, 2.05) is 11.3 Å². The van der Waals surface area contributed by atoms with E-state index in [9.17, 15) is 0 Å². The molecule has 2 heterocycles. The summed E-state index contributed by atoms with van der Waals surface area (Å²) in [5, 5.41) is 0. The van der Waals surface area contributed by atoms with Crippen molar-refractivity contribution < 1.29 is 4.74 Å². The van der Waals surface area contributed by atoms with Gasteiger partial charge in [0, 0.05) is 17.3 Å². The fraction of sp³-hybridized carbons (Fsp3) is 0.607. The normalized spacial score (nSPS) is 11.4. The van der Waals surface area contributed by atoms with Crippen LogP contribution in [0, 0.1) is 0 Å². The van der Waals surface area contributed by atoms with Gasteiger partial charge in [0.2, 0.25) is 0 Å². The predicted molar refractivity (Wildman–Crippen MR) is 138 cm³/mol. The molecule has 0 aliphatic heterocycles. The van der Waals surface area contributed by atoms with Crippen molar-refractivity contribution in [3.63, 3.8) is 0 Å². The van der Waals surface area contributed by atoms with E-state index in [4.69, 9.17) is 9.72 Å². The lowest BCUT2D eigenvalue weighted by Gasteiger charge is -2.06. The predicted octanol–water partition coefficient (Wildman–Crippen LogP) is 8.78. The Morgan fingerprint density at radius 2 is 1.38 bits per heavy atom. The van der Waals surface area contributed by atoms with Crippen molar-refractivity contribution in [2.24, 2.45) is 0 Å². The number of hydrogen-bond donors (Lipinski definition) is 0. The molecule has 0 amide bonds. The van der Waals surface area contributed by atoms with E-state index >= 15 is 0 Å². The Kier molecular flexibility index (Phi) is 11.1. The average Bonchev–Trinajstić information content (AvgIpc) is 3.36. The number of benzene rings is 1. The second kappa shape index (κ2) is 14.4. The topological polar surface area (TPSA) is 26.5 Å². The lowest BCUT2D eigenvalue weighted by atomic mass is 10.1. The molecule has 1 aromatic carbocycles. The lowest BCUT2D eigenvalue weighted by Crippen LogP contribution is -1.96. The number of ether oxygens (including phenoxy) is 1. The van der Waals surface area contributed by atoms with E-state index in [0.29, 0.717) is 6.61 Å². The van der Waals surface area contributed by atoms with Gasteiger partial charge in [0.1, 0.15) is 12.4 Å². The molecule has 0 bridgehead atoms. The number of fused-ring (bicyclic) bond motifs is 1. The smallest absolute Gasteiger partial charge is 0.194 e. The number of hydrogen-bond acceptors (Lipinski definition) is 3. The van der Waals surface area contributed by atoms with E-state index in [0.717, 1.165) is 16.4 Å². The molecule has 3 rings (SSSR count). The van der Waals surface area contributed by atoms with Crippen LogP contribution in [0.1, 0.15) is 107 Å². The first-order chi connectivity index (χ1) is 15.8. The number of unbranched alkanes of at least 4 members (excludes halogenated alkanes) is 10. The Hall–Kier alpha value is -1.81. The van der Waals surface area contributed by atoms with E-state index in [1.165, 1.54) is 100 Å². The summed E-state index contributed by atoms with van der Waals surface area (Å²) in [6.45, 7) is 5.07. The summed E-state index contributed by atoms with van der Waals surface area (Å²) in [6.07, 6.45) is 22.9. The Morgan fingerprint density at radius 3 is 2.03 bits per heavy atom. The van der Waals surface area contributed by atoms with Gasteiger partial charge >= 0.3 is 0 Å². The van der Waals surface area contributed by atoms with Crippen molar-refractivity contribution in [1.82, 2.24) is 9.38 Å². The van der Waals surface area contributed by atoms with Crippen LogP contribution in [0.25, 0.3) is 4.96 Å². The van der Waals surface area contributed by atoms with Crippen LogP contribution in [0.4, 0.5) is 0 Å². The third kappa shape index (κ3) is 8.61. The molecule has 2 aromatic heterocycles. The highest BCUT2D eigenvalue weighted by molar-refractivity contribution is 7.17. The first-order valence-electron chi connectivity index (χ1n) is 13.0. The highest BCUT2D eigenvalue weighted by Crippen LogP contribution is 2.22. The highest BCUT2D eigenvalue weighted by Gasteiger charge is 2.07. The Labute approximate surface area is 199 Å². The lowest BCUT2D eigenvalue weighted by molar-refractivity contribution is 0.302. The molecule has 3 aromatic rings. The largest absolute Gasteiger partial charge is 0.487 e. The zero-order valence-electron chi connectivity index (χ0n) is 20.3. The monoisotopic (exact) mass is 454 g/mol. The van der Waals surface area contributed by atoms with Gasteiger partial charge in [-0.1, -0.05) is 90.2 Å². The molecular weight excluding hydrogens is 412 g/mol. The van der Waals surface area contributed by atoms with Gasteiger partial charge in [-0.15, -0.1) is 11.3 Å². The van der Waals surface area contributed by atoms with Crippen LogP contribution in [0.3, 0.4) is 0 Å². The minimum atomic E-state index is 0.526. The third-order valence-electron chi connectivity index (χ3n) is 6.16. The molecule has 0 N–H and O–H groups in total. The summed E-state index contributed by atoms with van der Waals surface area (Å²) in [5.41, 5.74) is 2.41. The maximum atomic E-state index is 5.98. The zero-order valence-corrected chi connectivity index (χ0v) is 21.1. The average molecular weight is 455 g/mol. The molecule has 3 nitrogen and oxygen atoms in total. The SMILES string of the molecule is CCCCCCCCCc1cn2cc(COc3ccc(CCCCCCC)cc3)nc2s1. The van der Waals surface area contributed by atoms with Gasteiger partial charge in [-0.05, 0) is 43.4 Å². The van der Waals surface area contributed by atoms with Crippen molar-refractivity contribution >= 4 is 16.3 Å². The Morgan fingerprint density at radius 1 is 0.750 bits per heavy atom. The van der Waals surface area contributed by atoms with Gasteiger partial charge in [-0.2, -0.15) is 0 Å². The maximum Gasteiger partial charge on any atom is 0.194 e. The van der Waals surface area contributed by atoms with Crippen LogP contribution in [0.15, 0.2) is 36.7 Å². The number of rotatable bonds is 17. The van der Waals surface area contributed by atoms with E-state index in [-0.39, 0.29) is 0 Å².